The van der Waals surface area contributed by atoms with Crippen LogP contribution in [0.1, 0.15) is 66.4 Å². The number of methoxy groups -OCH3 is 2. The van der Waals surface area contributed by atoms with Gasteiger partial charge in [-0.2, -0.15) is 0 Å². The largest absolute Gasteiger partial charge is 0.493 e. The van der Waals surface area contributed by atoms with Gasteiger partial charge in [0.2, 0.25) is 5.91 Å². The van der Waals surface area contributed by atoms with Crippen LogP contribution in [-0.4, -0.2) is 68.5 Å². The average Bonchev–Trinajstić information content (AvgIpc) is 2.87. The van der Waals surface area contributed by atoms with Crippen molar-refractivity contribution in [1.82, 2.24) is 5.32 Å². The SMILES string of the molecule is COCCCOc1cc(C[C@H](C[C@H](N)[C@@H](O)C[C@H](C(=O)NCC(C)(C)C(N)O)C(C)C)C(C)C)ccc1OC. The Morgan fingerprint density at radius 1 is 1.00 bits per heavy atom. The standard InChI is InChI=1S/C30H55N3O6/c1-19(2)22(14-21-10-11-26(38-8)27(15-21)39-13-9-12-37-7)16-24(31)25(34)17-23(20(3)4)28(35)33-18-30(5,6)29(32)36/h10-11,15,19-20,22-25,29,34,36H,9,12-14,16-18,31-32H2,1-8H3,(H,33,35)/t22-,23+,24+,25+,29?/m1/s1. The number of hydrogen-bond donors (Lipinski definition) is 5. The molecule has 1 rings (SSSR count). The van der Waals surface area contributed by atoms with E-state index in [4.69, 9.17) is 25.7 Å². The van der Waals surface area contributed by atoms with Crippen molar-refractivity contribution < 1.29 is 29.2 Å². The van der Waals surface area contributed by atoms with Crippen LogP contribution in [0.25, 0.3) is 0 Å². The topological polar surface area (TPSA) is 149 Å². The molecule has 0 saturated carbocycles. The number of aliphatic hydroxyl groups is 2. The maximum Gasteiger partial charge on any atom is 0.223 e. The van der Waals surface area contributed by atoms with Crippen LogP contribution < -0.4 is 26.3 Å². The molecule has 0 fully saturated rings. The van der Waals surface area contributed by atoms with Crippen molar-refractivity contribution in [2.75, 3.05) is 34.0 Å². The van der Waals surface area contributed by atoms with Gasteiger partial charge in [-0.05, 0) is 54.7 Å². The third-order valence-electron chi connectivity index (χ3n) is 7.64. The second-order valence-electron chi connectivity index (χ2n) is 12.1. The summed E-state index contributed by atoms with van der Waals surface area (Å²) >= 11 is 0. The van der Waals surface area contributed by atoms with E-state index in [2.05, 4.69) is 19.2 Å². The van der Waals surface area contributed by atoms with Crippen molar-refractivity contribution in [1.29, 1.82) is 0 Å². The van der Waals surface area contributed by atoms with Crippen LogP contribution in [0.2, 0.25) is 0 Å². The highest BCUT2D eigenvalue weighted by molar-refractivity contribution is 5.79. The van der Waals surface area contributed by atoms with E-state index in [9.17, 15) is 15.0 Å². The molecule has 0 radical (unpaired) electrons. The Hall–Kier alpha value is -1.91. The quantitative estimate of drug-likeness (QED) is 0.130. The van der Waals surface area contributed by atoms with Gasteiger partial charge in [0.1, 0.15) is 6.23 Å². The summed E-state index contributed by atoms with van der Waals surface area (Å²) in [6.07, 6.45) is 0.574. The number of aliphatic hydroxyl groups excluding tert-OH is 2. The molecular formula is C30H55N3O6. The van der Waals surface area contributed by atoms with Gasteiger partial charge in [0.15, 0.2) is 11.5 Å². The van der Waals surface area contributed by atoms with Crippen LogP contribution in [0.4, 0.5) is 0 Å². The molecule has 0 aromatic heterocycles. The van der Waals surface area contributed by atoms with Gasteiger partial charge in [-0.3, -0.25) is 4.79 Å². The normalized spacial score (nSPS) is 16.1. The summed E-state index contributed by atoms with van der Waals surface area (Å²) in [5, 5.41) is 23.7. The highest BCUT2D eigenvalue weighted by Gasteiger charge is 2.32. The van der Waals surface area contributed by atoms with Crippen molar-refractivity contribution in [3.63, 3.8) is 0 Å². The van der Waals surface area contributed by atoms with Gasteiger partial charge in [0.25, 0.3) is 0 Å². The number of hydrogen-bond acceptors (Lipinski definition) is 8. The Morgan fingerprint density at radius 2 is 1.67 bits per heavy atom. The average molecular weight is 554 g/mol. The smallest absolute Gasteiger partial charge is 0.223 e. The van der Waals surface area contributed by atoms with Gasteiger partial charge in [-0.1, -0.05) is 47.6 Å². The van der Waals surface area contributed by atoms with Crippen LogP contribution in [-0.2, 0) is 16.0 Å². The number of ether oxygens (including phenoxy) is 3. The summed E-state index contributed by atoms with van der Waals surface area (Å²) in [4.78, 5) is 13.0. The summed E-state index contributed by atoms with van der Waals surface area (Å²) in [7, 11) is 3.30. The molecule has 9 heteroatoms. The Kier molecular flexibility index (Phi) is 15.3. The molecule has 0 aliphatic rings. The van der Waals surface area contributed by atoms with Gasteiger partial charge in [-0.25, -0.2) is 0 Å². The van der Waals surface area contributed by atoms with Crippen molar-refractivity contribution in [3.05, 3.63) is 23.8 Å². The first kappa shape index (κ1) is 35.1. The summed E-state index contributed by atoms with van der Waals surface area (Å²) in [6.45, 7) is 13.2. The maximum atomic E-state index is 13.0. The molecule has 7 N–H and O–H groups in total. The molecule has 0 aliphatic carbocycles. The lowest BCUT2D eigenvalue weighted by atomic mass is 9.80. The monoisotopic (exact) mass is 553 g/mol. The lowest BCUT2D eigenvalue weighted by Gasteiger charge is -2.31. The van der Waals surface area contributed by atoms with Crippen molar-refractivity contribution in [3.8, 4) is 11.5 Å². The Balaban J connectivity index is 2.86. The van der Waals surface area contributed by atoms with Crippen molar-refractivity contribution in [2.24, 2.45) is 40.6 Å². The number of nitrogens with two attached hydrogens (primary N) is 2. The molecule has 5 atom stereocenters. The van der Waals surface area contributed by atoms with Gasteiger partial charge in [0.05, 0.1) is 19.8 Å². The third-order valence-corrected chi connectivity index (χ3v) is 7.64. The number of carbonyl (C=O) groups excluding carboxylic acids is 1. The first-order chi connectivity index (χ1) is 18.2. The lowest BCUT2D eigenvalue weighted by Crippen LogP contribution is -2.48. The molecule has 0 heterocycles. The molecule has 0 aliphatic heterocycles. The summed E-state index contributed by atoms with van der Waals surface area (Å²) in [6, 6.07) is 5.50. The Morgan fingerprint density at radius 3 is 2.21 bits per heavy atom. The van der Waals surface area contributed by atoms with Crippen LogP contribution in [0.3, 0.4) is 0 Å². The summed E-state index contributed by atoms with van der Waals surface area (Å²) in [5.74, 6) is 1.39. The zero-order valence-electron chi connectivity index (χ0n) is 25.4. The second kappa shape index (κ2) is 17.0. The first-order valence-corrected chi connectivity index (χ1v) is 14.2. The van der Waals surface area contributed by atoms with Crippen LogP contribution >= 0.6 is 0 Å². The van der Waals surface area contributed by atoms with E-state index in [0.29, 0.717) is 37.1 Å². The van der Waals surface area contributed by atoms with Gasteiger partial charge >= 0.3 is 0 Å². The van der Waals surface area contributed by atoms with E-state index < -0.39 is 29.7 Å². The van der Waals surface area contributed by atoms with Gasteiger partial charge < -0.3 is 41.2 Å². The fraction of sp³-hybridized carbons (Fsp3) is 0.767. The molecule has 226 valence electrons. The molecule has 0 spiro atoms. The fourth-order valence-corrected chi connectivity index (χ4v) is 4.41. The zero-order valence-corrected chi connectivity index (χ0v) is 25.4. The molecular weight excluding hydrogens is 498 g/mol. The molecule has 1 aromatic rings. The molecule has 0 saturated heterocycles. The number of amides is 1. The summed E-state index contributed by atoms with van der Waals surface area (Å²) in [5.41, 5.74) is 12.6. The Bertz CT molecular complexity index is 846. The van der Waals surface area contributed by atoms with Crippen molar-refractivity contribution >= 4 is 5.91 Å². The lowest BCUT2D eigenvalue weighted by molar-refractivity contribution is -0.128. The molecule has 1 aromatic carbocycles. The second-order valence-corrected chi connectivity index (χ2v) is 12.1. The highest BCUT2D eigenvalue weighted by atomic mass is 16.5. The highest BCUT2D eigenvalue weighted by Crippen LogP contribution is 2.32. The molecule has 1 amide bonds. The van der Waals surface area contributed by atoms with E-state index in [-0.39, 0.29) is 30.7 Å². The predicted molar refractivity (Wildman–Crippen MR) is 156 cm³/mol. The minimum Gasteiger partial charge on any atom is -0.493 e. The number of benzene rings is 1. The maximum absolute atomic E-state index is 13.0. The first-order valence-electron chi connectivity index (χ1n) is 14.2. The van der Waals surface area contributed by atoms with E-state index in [1.807, 2.05) is 32.0 Å². The number of nitrogens with one attached hydrogen (secondary N) is 1. The van der Waals surface area contributed by atoms with E-state index in [1.54, 1.807) is 28.1 Å². The molecule has 39 heavy (non-hydrogen) atoms. The molecule has 0 bridgehead atoms. The molecule has 9 nitrogen and oxygen atoms in total. The van der Waals surface area contributed by atoms with Gasteiger partial charge in [-0.15, -0.1) is 0 Å². The van der Waals surface area contributed by atoms with Gasteiger partial charge in [0, 0.05) is 44.1 Å². The van der Waals surface area contributed by atoms with Crippen LogP contribution in [0, 0.1) is 29.1 Å². The summed E-state index contributed by atoms with van der Waals surface area (Å²) < 4.78 is 16.5. The minimum absolute atomic E-state index is 0.0141. The van der Waals surface area contributed by atoms with E-state index >= 15 is 0 Å². The van der Waals surface area contributed by atoms with Crippen molar-refractivity contribution in [2.45, 2.75) is 85.6 Å². The van der Waals surface area contributed by atoms with E-state index in [1.165, 1.54) is 0 Å². The van der Waals surface area contributed by atoms with E-state index in [0.717, 1.165) is 18.4 Å². The fourth-order valence-electron chi connectivity index (χ4n) is 4.41. The Labute approximate surface area is 236 Å². The number of rotatable bonds is 19. The number of carbonyl (C=O) groups is 1. The minimum atomic E-state index is -1.05. The zero-order chi connectivity index (χ0) is 29.8. The van der Waals surface area contributed by atoms with Crippen LogP contribution in [0.15, 0.2) is 18.2 Å². The third kappa shape index (κ3) is 12.0. The predicted octanol–water partition coefficient (Wildman–Crippen LogP) is 3.09. The molecule has 1 unspecified atom stereocenters. The van der Waals surface area contributed by atoms with Crippen LogP contribution in [0.5, 0.6) is 11.5 Å².